The van der Waals surface area contributed by atoms with Gasteiger partial charge in [-0.2, -0.15) is 0 Å². The Bertz CT molecular complexity index is 1310. The van der Waals surface area contributed by atoms with Gasteiger partial charge < -0.3 is 20.0 Å². The van der Waals surface area contributed by atoms with Crippen molar-refractivity contribution in [3.63, 3.8) is 0 Å². The summed E-state index contributed by atoms with van der Waals surface area (Å²) in [5.41, 5.74) is 2.68. The highest BCUT2D eigenvalue weighted by Crippen LogP contribution is 2.20. The molecule has 160 valence electrons. The number of hydrogen-bond donors (Lipinski definition) is 3. The molecule has 0 aliphatic heterocycles. The molecular weight excluding hydrogens is 408 g/mol. The number of furan rings is 1. The van der Waals surface area contributed by atoms with Crippen LogP contribution in [0.25, 0.3) is 11.4 Å². The van der Waals surface area contributed by atoms with Crippen LogP contribution < -0.4 is 16.2 Å². The molecule has 0 aliphatic rings. The van der Waals surface area contributed by atoms with Crippen LogP contribution in [0.4, 0.5) is 11.4 Å². The Balaban J connectivity index is 1.46. The fourth-order valence-corrected chi connectivity index (χ4v) is 3.08. The van der Waals surface area contributed by atoms with Gasteiger partial charge >= 0.3 is 0 Å². The van der Waals surface area contributed by atoms with Gasteiger partial charge in [-0.25, -0.2) is 4.98 Å². The van der Waals surface area contributed by atoms with Crippen molar-refractivity contribution in [1.82, 2.24) is 9.97 Å². The molecule has 0 fully saturated rings. The molecule has 8 nitrogen and oxygen atoms in total. The molecule has 2 amide bonds. The smallest absolute Gasteiger partial charge is 0.291 e. The van der Waals surface area contributed by atoms with E-state index in [2.05, 4.69) is 20.6 Å². The fraction of sp³-hybridized carbons (Fsp3) is 0.0833. The van der Waals surface area contributed by atoms with Gasteiger partial charge in [-0.05, 0) is 55.0 Å². The third kappa shape index (κ3) is 4.81. The molecule has 0 saturated heterocycles. The van der Waals surface area contributed by atoms with Crippen LogP contribution in [0.2, 0.25) is 0 Å². The van der Waals surface area contributed by atoms with Crippen LogP contribution in [0.5, 0.6) is 0 Å². The molecular formula is C24H20N4O4. The predicted octanol–water partition coefficient (Wildman–Crippen LogP) is 4.10. The second-order valence-corrected chi connectivity index (χ2v) is 6.98. The summed E-state index contributed by atoms with van der Waals surface area (Å²) in [6, 6.07) is 18.2. The molecule has 0 radical (unpaired) electrons. The van der Waals surface area contributed by atoms with E-state index in [9.17, 15) is 14.4 Å². The molecule has 3 N–H and O–H groups in total. The Morgan fingerprint density at radius 1 is 0.938 bits per heavy atom. The monoisotopic (exact) mass is 428 g/mol. The van der Waals surface area contributed by atoms with Crippen LogP contribution in [0.1, 0.15) is 33.5 Å². The Hall–Kier alpha value is -4.46. The van der Waals surface area contributed by atoms with Gasteiger partial charge in [0.2, 0.25) is 0 Å². The van der Waals surface area contributed by atoms with Gasteiger partial charge in [0.1, 0.15) is 5.82 Å². The van der Waals surface area contributed by atoms with Gasteiger partial charge in [-0.3, -0.25) is 14.4 Å². The molecule has 0 aliphatic carbocycles. The van der Waals surface area contributed by atoms with Crippen LogP contribution in [0.15, 0.2) is 82.2 Å². The van der Waals surface area contributed by atoms with Gasteiger partial charge in [-0.1, -0.05) is 19.1 Å². The lowest BCUT2D eigenvalue weighted by atomic mass is 10.1. The zero-order chi connectivity index (χ0) is 22.5. The first kappa shape index (κ1) is 20.8. The van der Waals surface area contributed by atoms with Crippen molar-refractivity contribution in [1.29, 1.82) is 0 Å². The predicted molar refractivity (Wildman–Crippen MR) is 121 cm³/mol. The largest absolute Gasteiger partial charge is 0.459 e. The lowest BCUT2D eigenvalue weighted by Gasteiger charge is -2.09. The Morgan fingerprint density at radius 2 is 1.72 bits per heavy atom. The highest BCUT2D eigenvalue weighted by Gasteiger charge is 2.11. The van der Waals surface area contributed by atoms with E-state index in [4.69, 9.17) is 4.42 Å². The van der Waals surface area contributed by atoms with E-state index < -0.39 is 0 Å². The van der Waals surface area contributed by atoms with Gasteiger partial charge in [0.15, 0.2) is 5.76 Å². The van der Waals surface area contributed by atoms with Gasteiger partial charge in [0.25, 0.3) is 17.4 Å². The van der Waals surface area contributed by atoms with Gasteiger partial charge in [-0.15, -0.1) is 0 Å². The summed E-state index contributed by atoms with van der Waals surface area (Å²) in [5.74, 6) is -0.0354. The fourth-order valence-electron chi connectivity index (χ4n) is 3.08. The van der Waals surface area contributed by atoms with E-state index in [1.807, 2.05) is 13.0 Å². The first-order chi connectivity index (χ1) is 15.5. The van der Waals surface area contributed by atoms with Crippen LogP contribution in [-0.2, 0) is 6.42 Å². The first-order valence-corrected chi connectivity index (χ1v) is 9.99. The first-order valence-electron chi connectivity index (χ1n) is 9.99. The van der Waals surface area contributed by atoms with Crippen LogP contribution in [-0.4, -0.2) is 21.8 Å². The molecule has 2 aromatic carbocycles. The molecule has 0 atom stereocenters. The van der Waals surface area contributed by atoms with Gasteiger partial charge in [0, 0.05) is 34.3 Å². The Morgan fingerprint density at radius 3 is 2.44 bits per heavy atom. The Kier molecular flexibility index (Phi) is 5.94. The number of rotatable bonds is 6. The number of aromatic amines is 1. The average molecular weight is 428 g/mol. The topological polar surface area (TPSA) is 117 Å². The molecule has 0 spiro atoms. The number of anilines is 2. The third-order valence-corrected chi connectivity index (χ3v) is 4.70. The number of aryl methyl sites for hydroxylation is 1. The molecule has 4 rings (SSSR count). The van der Waals surface area contributed by atoms with E-state index in [0.717, 1.165) is 0 Å². The van der Waals surface area contributed by atoms with Crippen LogP contribution in [0, 0.1) is 0 Å². The lowest BCUT2D eigenvalue weighted by molar-refractivity contribution is 0.0995. The van der Waals surface area contributed by atoms with Crippen LogP contribution in [0.3, 0.4) is 0 Å². The maximum atomic E-state index is 12.6. The summed E-state index contributed by atoms with van der Waals surface area (Å²) in [7, 11) is 0. The van der Waals surface area contributed by atoms with E-state index in [-0.39, 0.29) is 23.1 Å². The number of H-pyrrole nitrogens is 1. The maximum Gasteiger partial charge on any atom is 0.291 e. The molecule has 32 heavy (non-hydrogen) atoms. The Labute approximate surface area is 183 Å². The average Bonchev–Trinajstić information content (AvgIpc) is 3.34. The number of benzene rings is 2. The normalized spacial score (nSPS) is 10.5. The summed E-state index contributed by atoms with van der Waals surface area (Å²) in [6.07, 6.45) is 2.07. The number of amides is 2. The summed E-state index contributed by atoms with van der Waals surface area (Å²) in [6.45, 7) is 1.93. The number of aromatic nitrogens is 2. The van der Waals surface area contributed by atoms with E-state index in [1.54, 1.807) is 54.6 Å². The molecule has 8 heteroatoms. The molecule has 0 unspecified atom stereocenters. The molecule has 2 heterocycles. The van der Waals surface area contributed by atoms with E-state index in [1.165, 1.54) is 12.3 Å². The van der Waals surface area contributed by atoms with Crippen molar-refractivity contribution >= 4 is 23.2 Å². The van der Waals surface area contributed by atoms with Crippen LogP contribution >= 0.6 is 0 Å². The number of hydrogen-bond acceptors (Lipinski definition) is 5. The van der Waals surface area contributed by atoms with Crippen molar-refractivity contribution < 1.29 is 14.0 Å². The zero-order valence-electron chi connectivity index (χ0n) is 17.2. The molecule has 0 bridgehead atoms. The number of nitrogens with zero attached hydrogens (tertiary/aromatic N) is 1. The van der Waals surface area contributed by atoms with E-state index in [0.29, 0.717) is 40.4 Å². The molecule has 0 saturated carbocycles. The number of carbonyl (C=O) groups is 2. The number of nitrogens with one attached hydrogen (secondary N) is 3. The molecule has 2 aromatic heterocycles. The van der Waals surface area contributed by atoms with Crippen molar-refractivity contribution in [3.05, 3.63) is 100 Å². The lowest BCUT2D eigenvalue weighted by Crippen LogP contribution is -2.13. The number of carbonyl (C=O) groups excluding carboxylic acids is 2. The highest BCUT2D eigenvalue weighted by molar-refractivity contribution is 6.05. The minimum absolute atomic E-state index is 0.201. The third-order valence-electron chi connectivity index (χ3n) is 4.70. The summed E-state index contributed by atoms with van der Waals surface area (Å²) in [4.78, 5) is 43.7. The highest BCUT2D eigenvalue weighted by atomic mass is 16.3. The minimum atomic E-state index is -0.372. The SMILES string of the molecule is CCc1cc(=O)[nH]c(-c2cccc(NC(=O)c3ccc(NC(=O)c4ccco4)cc3)c2)n1. The maximum absolute atomic E-state index is 12.6. The van der Waals surface area contributed by atoms with Crippen molar-refractivity contribution in [3.8, 4) is 11.4 Å². The second kappa shape index (κ2) is 9.13. The summed E-state index contributed by atoms with van der Waals surface area (Å²) < 4.78 is 5.06. The van der Waals surface area contributed by atoms with Crippen molar-refractivity contribution in [2.75, 3.05) is 10.6 Å². The quantitative estimate of drug-likeness (QED) is 0.427. The summed E-state index contributed by atoms with van der Waals surface area (Å²) in [5, 5.41) is 5.53. The minimum Gasteiger partial charge on any atom is -0.459 e. The van der Waals surface area contributed by atoms with Crippen molar-refractivity contribution in [2.24, 2.45) is 0 Å². The molecule has 4 aromatic rings. The van der Waals surface area contributed by atoms with Gasteiger partial charge in [0.05, 0.1) is 6.26 Å². The second-order valence-electron chi connectivity index (χ2n) is 6.98. The standard InChI is InChI=1S/C24H20N4O4/c1-2-17-14-21(29)28-22(25-17)16-5-3-6-19(13-16)27-23(30)15-8-10-18(11-9-15)26-24(31)20-7-4-12-32-20/h3-14H,2H2,1H3,(H,26,31)(H,27,30)(H,25,28,29). The summed E-state index contributed by atoms with van der Waals surface area (Å²) >= 11 is 0. The van der Waals surface area contributed by atoms with Crippen molar-refractivity contribution in [2.45, 2.75) is 13.3 Å². The zero-order valence-corrected chi connectivity index (χ0v) is 17.2. The van der Waals surface area contributed by atoms with E-state index >= 15 is 0 Å².